The molecule has 23 heavy (non-hydrogen) atoms. The van der Waals surface area contributed by atoms with Crippen molar-refractivity contribution in [2.24, 2.45) is 0 Å². The summed E-state index contributed by atoms with van der Waals surface area (Å²) in [4.78, 5) is 16.9. The van der Waals surface area contributed by atoms with Crippen molar-refractivity contribution in [1.29, 1.82) is 0 Å². The minimum absolute atomic E-state index is 0.218. The van der Waals surface area contributed by atoms with E-state index in [9.17, 15) is 4.79 Å². The van der Waals surface area contributed by atoms with E-state index in [1.807, 2.05) is 36.1 Å². The van der Waals surface area contributed by atoms with Crippen molar-refractivity contribution in [3.05, 3.63) is 29.8 Å². The summed E-state index contributed by atoms with van der Waals surface area (Å²) in [6.45, 7) is 8.59. The molecule has 2 saturated heterocycles. The predicted molar refractivity (Wildman–Crippen MR) is 90.7 cm³/mol. The zero-order valence-corrected chi connectivity index (χ0v) is 14.0. The molecule has 2 aliphatic rings. The highest BCUT2D eigenvalue weighted by molar-refractivity contribution is 5.76. The van der Waals surface area contributed by atoms with Gasteiger partial charge in [-0.05, 0) is 31.0 Å². The van der Waals surface area contributed by atoms with Crippen molar-refractivity contribution in [2.45, 2.75) is 25.8 Å². The average molecular weight is 317 g/mol. The fourth-order valence-electron chi connectivity index (χ4n) is 3.43. The van der Waals surface area contributed by atoms with Crippen LogP contribution in [0.3, 0.4) is 0 Å². The molecule has 0 aliphatic carbocycles. The molecule has 1 atom stereocenters. The van der Waals surface area contributed by atoms with E-state index in [4.69, 9.17) is 4.74 Å². The number of hydrogen-bond donors (Lipinski definition) is 1. The molecule has 1 aromatic carbocycles. The van der Waals surface area contributed by atoms with Crippen LogP contribution in [0.25, 0.3) is 0 Å². The molecule has 1 aromatic rings. The van der Waals surface area contributed by atoms with Gasteiger partial charge in [0.2, 0.25) is 5.91 Å². The Morgan fingerprint density at radius 2 is 2.13 bits per heavy atom. The molecular formula is C18H27N3O2. The van der Waals surface area contributed by atoms with Crippen LogP contribution in [0.2, 0.25) is 0 Å². The van der Waals surface area contributed by atoms with E-state index in [1.165, 1.54) is 5.56 Å². The van der Waals surface area contributed by atoms with Gasteiger partial charge in [0.1, 0.15) is 5.75 Å². The fraction of sp³-hybridized carbons (Fsp3) is 0.611. The zero-order chi connectivity index (χ0) is 16.1. The van der Waals surface area contributed by atoms with Crippen LogP contribution >= 0.6 is 0 Å². The standard InChI is InChI=1S/C18H27N3O2/c1-15-3-2-4-17(13-15)23-12-6-18(22)21-9-5-16(14-21)20-10-7-19-8-11-20/h2-4,13,16,19H,5-12,14H2,1H3. The Labute approximate surface area is 138 Å². The van der Waals surface area contributed by atoms with Crippen LogP contribution in [-0.4, -0.2) is 67.6 Å². The van der Waals surface area contributed by atoms with Gasteiger partial charge in [0, 0.05) is 45.3 Å². The highest BCUT2D eigenvalue weighted by Crippen LogP contribution is 2.17. The second-order valence-electron chi connectivity index (χ2n) is 6.48. The van der Waals surface area contributed by atoms with Crippen molar-refractivity contribution < 1.29 is 9.53 Å². The molecule has 0 saturated carbocycles. The van der Waals surface area contributed by atoms with Crippen LogP contribution in [0, 0.1) is 6.92 Å². The van der Waals surface area contributed by atoms with E-state index in [0.717, 1.165) is 51.4 Å². The quantitative estimate of drug-likeness (QED) is 0.888. The van der Waals surface area contributed by atoms with Crippen molar-refractivity contribution in [2.75, 3.05) is 45.9 Å². The molecule has 0 bridgehead atoms. The van der Waals surface area contributed by atoms with Crippen molar-refractivity contribution >= 4 is 5.91 Å². The van der Waals surface area contributed by atoms with Crippen LogP contribution in [0.1, 0.15) is 18.4 Å². The van der Waals surface area contributed by atoms with E-state index >= 15 is 0 Å². The van der Waals surface area contributed by atoms with E-state index < -0.39 is 0 Å². The highest BCUT2D eigenvalue weighted by atomic mass is 16.5. The third-order valence-corrected chi connectivity index (χ3v) is 4.76. The molecule has 5 heteroatoms. The van der Waals surface area contributed by atoms with Crippen LogP contribution in [0.5, 0.6) is 5.75 Å². The monoisotopic (exact) mass is 317 g/mol. The lowest BCUT2D eigenvalue weighted by atomic mass is 10.2. The van der Waals surface area contributed by atoms with Gasteiger partial charge in [0.25, 0.3) is 0 Å². The van der Waals surface area contributed by atoms with Gasteiger partial charge in [0.05, 0.1) is 13.0 Å². The number of aryl methyl sites for hydroxylation is 1. The van der Waals surface area contributed by atoms with Gasteiger partial charge in [-0.1, -0.05) is 12.1 Å². The topological polar surface area (TPSA) is 44.8 Å². The summed E-state index contributed by atoms with van der Waals surface area (Å²) in [5.41, 5.74) is 1.17. The van der Waals surface area contributed by atoms with Crippen LogP contribution < -0.4 is 10.1 Å². The smallest absolute Gasteiger partial charge is 0.226 e. The predicted octanol–water partition coefficient (Wildman–Crippen LogP) is 1.27. The minimum atomic E-state index is 0.218. The van der Waals surface area contributed by atoms with Crippen molar-refractivity contribution in [3.63, 3.8) is 0 Å². The number of nitrogens with one attached hydrogen (secondary N) is 1. The van der Waals surface area contributed by atoms with Crippen molar-refractivity contribution in [3.8, 4) is 5.75 Å². The molecule has 2 fully saturated rings. The number of carbonyl (C=O) groups excluding carboxylic acids is 1. The fourth-order valence-corrected chi connectivity index (χ4v) is 3.43. The number of nitrogens with zero attached hydrogens (tertiary/aromatic N) is 2. The van der Waals surface area contributed by atoms with Gasteiger partial charge in [-0.2, -0.15) is 0 Å². The van der Waals surface area contributed by atoms with E-state index in [2.05, 4.69) is 10.2 Å². The van der Waals surface area contributed by atoms with Gasteiger partial charge in [-0.15, -0.1) is 0 Å². The van der Waals surface area contributed by atoms with Gasteiger partial charge in [-0.3, -0.25) is 9.69 Å². The number of amides is 1. The van der Waals surface area contributed by atoms with Crippen LogP contribution in [0.4, 0.5) is 0 Å². The Morgan fingerprint density at radius 3 is 2.91 bits per heavy atom. The molecule has 3 rings (SSSR count). The van der Waals surface area contributed by atoms with Crippen LogP contribution in [-0.2, 0) is 4.79 Å². The Balaban J connectivity index is 1.40. The molecule has 1 amide bonds. The Kier molecular flexibility index (Phi) is 5.51. The summed E-state index contributed by atoms with van der Waals surface area (Å²) < 4.78 is 5.69. The first-order valence-electron chi connectivity index (χ1n) is 8.64. The number of benzene rings is 1. The number of hydrogen-bond acceptors (Lipinski definition) is 4. The maximum absolute atomic E-state index is 12.3. The maximum Gasteiger partial charge on any atom is 0.226 e. The zero-order valence-electron chi connectivity index (χ0n) is 14.0. The molecule has 1 N–H and O–H groups in total. The number of ether oxygens (including phenoxy) is 1. The number of piperazine rings is 1. The SMILES string of the molecule is Cc1cccc(OCCC(=O)N2CCC(N3CCNCC3)C2)c1. The van der Waals surface area contributed by atoms with Gasteiger partial charge in [-0.25, -0.2) is 0 Å². The lowest BCUT2D eigenvalue weighted by Gasteiger charge is -2.32. The number of carbonyl (C=O) groups is 1. The second kappa shape index (κ2) is 7.79. The summed E-state index contributed by atoms with van der Waals surface area (Å²) in [7, 11) is 0. The molecular weight excluding hydrogens is 290 g/mol. The molecule has 0 spiro atoms. The highest BCUT2D eigenvalue weighted by Gasteiger charge is 2.30. The average Bonchev–Trinajstić information content (AvgIpc) is 3.06. The van der Waals surface area contributed by atoms with Crippen LogP contribution in [0.15, 0.2) is 24.3 Å². The van der Waals surface area contributed by atoms with Gasteiger partial charge in [0.15, 0.2) is 0 Å². The molecule has 1 unspecified atom stereocenters. The summed E-state index contributed by atoms with van der Waals surface area (Å²) in [5, 5.41) is 3.38. The Hall–Kier alpha value is -1.59. The molecule has 5 nitrogen and oxygen atoms in total. The molecule has 0 aromatic heterocycles. The lowest BCUT2D eigenvalue weighted by molar-refractivity contribution is -0.130. The molecule has 2 heterocycles. The van der Waals surface area contributed by atoms with Crippen molar-refractivity contribution in [1.82, 2.24) is 15.1 Å². The Bertz CT molecular complexity index is 529. The third-order valence-electron chi connectivity index (χ3n) is 4.76. The molecule has 2 aliphatic heterocycles. The Morgan fingerprint density at radius 1 is 1.30 bits per heavy atom. The maximum atomic E-state index is 12.3. The summed E-state index contributed by atoms with van der Waals surface area (Å²) in [6, 6.07) is 8.50. The molecule has 0 radical (unpaired) electrons. The first kappa shape index (κ1) is 16.3. The normalized spacial score (nSPS) is 22.3. The van der Waals surface area contributed by atoms with E-state index in [0.29, 0.717) is 19.1 Å². The number of likely N-dealkylation sites (tertiary alicyclic amines) is 1. The first-order chi connectivity index (χ1) is 11.2. The largest absolute Gasteiger partial charge is 0.493 e. The summed E-state index contributed by atoms with van der Waals surface area (Å²) in [5.74, 6) is 1.06. The first-order valence-corrected chi connectivity index (χ1v) is 8.64. The third kappa shape index (κ3) is 4.45. The molecule has 126 valence electrons. The summed E-state index contributed by atoms with van der Waals surface area (Å²) >= 11 is 0. The second-order valence-corrected chi connectivity index (χ2v) is 6.48. The van der Waals surface area contributed by atoms with E-state index in [1.54, 1.807) is 0 Å². The van der Waals surface area contributed by atoms with Gasteiger partial charge >= 0.3 is 0 Å². The van der Waals surface area contributed by atoms with Gasteiger partial charge < -0.3 is 15.0 Å². The number of rotatable bonds is 5. The van der Waals surface area contributed by atoms with E-state index in [-0.39, 0.29) is 5.91 Å². The minimum Gasteiger partial charge on any atom is -0.493 e. The lowest BCUT2D eigenvalue weighted by Crippen LogP contribution is -2.49. The summed E-state index contributed by atoms with van der Waals surface area (Å²) in [6.07, 6.45) is 1.56.